The van der Waals surface area contributed by atoms with Crippen LogP contribution in [0.25, 0.3) is 11.4 Å². The zero-order valence-electron chi connectivity index (χ0n) is 16.3. The highest BCUT2D eigenvalue weighted by molar-refractivity contribution is 5.82. The quantitative estimate of drug-likeness (QED) is 0.696. The monoisotopic (exact) mass is 387 g/mol. The molecular weight excluding hydrogens is 362 g/mol. The Morgan fingerprint density at radius 1 is 1.14 bits per heavy atom. The van der Waals surface area contributed by atoms with Gasteiger partial charge in [-0.3, -0.25) is 0 Å². The number of benzene rings is 1. The molecule has 2 atom stereocenters. The summed E-state index contributed by atoms with van der Waals surface area (Å²) in [4.78, 5) is 32.4. The molecule has 0 aliphatic carbocycles. The third-order valence-corrected chi connectivity index (χ3v) is 4.08. The van der Waals surface area contributed by atoms with Crippen LogP contribution in [-0.4, -0.2) is 43.9 Å². The van der Waals surface area contributed by atoms with Crippen LogP contribution in [0.4, 0.5) is 4.79 Å². The van der Waals surface area contributed by atoms with Gasteiger partial charge in [-0.1, -0.05) is 31.2 Å². The van der Waals surface area contributed by atoms with Gasteiger partial charge in [-0.15, -0.1) is 0 Å². The molecule has 2 aromatic rings. The number of hydrogen-bond acceptors (Lipinski definition) is 6. The van der Waals surface area contributed by atoms with Crippen LogP contribution in [0.15, 0.2) is 42.7 Å². The number of rotatable bonds is 6. The first kappa shape index (κ1) is 21.3. The van der Waals surface area contributed by atoms with Crippen LogP contribution in [0.3, 0.4) is 0 Å². The van der Waals surface area contributed by atoms with Crippen molar-refractivity contribution in [3.05, 3.63) is 48.3 Å². The van der Waals surface area contributed by atoms with Gasteiger partial charge in [-0.2, -0.15) is 0 Å². The van der Waals surface area contributed by atoms with Crippen molar-refractivity contribution in [1.29, 1.82) is 0 Å². The number of carbonyl (C=O) groups is 2. The Kier molecular flexibility index (Phi) is 6.35. The van der Waals surface area contributed by atoms with Crippen molar-refractivity contribution < 1.29 is 24.5 Å². The smallest absolute Gasteiger partial charge is 0.407 e. The normalized spacial score (nSPS) is 14.6. The highest BCUT2D eigenvalue weighted by Gasteiger charge is 2.46. The third-order valence-electron chi connectivity index (χ3n) is 4.08. The first-order valence-electron chi connectivity index (χ1n) is 8.91. The molecule has 0 aliphatic heterocycles. The molecule has 0 spiro atoms. The number of ether oxygens (including phenoxy) is 1. The number of carboxylic acid groups (broad SMARTS) is 1. The largest absolute Gasteiger partial charge is 0.479 e. The van der Waals surface area contributed by atoms with Gasteiger partial charge in [0.15, 0.2) is 5.82 Å². The lowest BCUT2D eigenvalue weighted by Gasteiger charge is -2.33. The molecule has 28 heavy (non-hydrogen) atoms. The number of aliphatic carboxylic acids is 1. The maximum absolute atomic E-state index is 12.1. The Morgan fingerprint density at radius 2 is 1.71 bits per heavy atom. The molecule has 8 heteroatoms. The Bertz CT molecular complexity index is 818. The number of hydrogen-bond donors (Lipinski definition) is 3. The molecule has 1 aromatic heterocycles. The molecule has 1 heterocycles. The molecule has 150 valence electrons. The van der Waals surface area contributed by atoms with Gasteiger partial charge in [-0.05, 0) is 38.8 Å². The van der Waals surface area contributed by atoms with E-state index < -0.39 is 29.3 Å². The Labute approximate surface area is 163 Å². The van der Waals surface area contributed by atoms with Crippen LogP contribution in [0.5, 0.6) is 0 Å². The minimum Gasteiger partial charge on any atom is -0.479 e. The maximum atomic E-state index is 12.1. The van der Waals surface area contributed by atoms with E-state index in [9.17, 15) is 19.8 Å². The molecule has 0 bridgehead atoms. The molecule has 0 radical (unpaired) electrons. The fraction of sp³-hybridized carbons (Fsp3) is 0.400. The van der Waals surface area contributed by atoms with Gasteiger partial charge < -0.3 is 20.3 Å². The van der Waals surface area contributed by atoms with E-state index in [2.05, 4.69) is 15.3 Å². The van der Waals surface area contributed by atoms with Crippen molar-refractivity contribution in [2.75, 3.05) is 0 Å². The van der Waals surface area contributed by atoms with Crippen LogP contribution in [0.2, 0.25) is 0 Å². The second-order valence-corrected chi connectivity index (χ2v) is 7.33. The second-order valence-electron chi connectivity index (χ2n) is 7.33. The number of alkyl carbamates (subject to hydrolysis) is 1. The molecule has 2 rings (SSSR count). The molecule has 1 unspecified atom stereocenters. The molecule has 8 nitrogen and oxygen atoms in total. The van der Waals surface area contributed by atoms with Crippen LogP contribution < -0.4 is 5.32 Å². The van der Waals surface area contributed by atoms with E-state index in [1.807, 2.05) is 0 Å². The molecular formula is C20H25N3O5. The first-order chi connectivity index (χ1) is 13.1. The van der Waals surface area contributed by atoms with Crippen molar-refractivity contribution in [3.8, 4) is 11.4 Å². The molecule has 0 fully saturated rings. The fourth-order valence-corrected chi connectivity index (χ4v) is 2.75. The van der Waals surface area contributed by atoms with Gasteiger partial charge in [0.25, 0.3) is 0 Å². The van der Waals surface area contributed by atoms with E-state index in [0.29, 0.717) is 11.4 Å². The van der Waals surface area contributed by atoms with Crippen LogP contribution >= 0.6 is 0 Å². The topological polar surface area (TPSA) is 122 Å². The number of carbonyl (C=O) groups excluding carboxylic acids is 1. The first-order valence-corrected chi connectivity index (χ1v) is 8.91. The van der Waals surface area contributed by atoms with Gasteiger partial charge >= 0.3 is 12.1 Å². The third kappa shape index (κ3) is 4.83. The van der Waals surface area contributed by atoms with E-state index in [4.69, 9.17) is 4.74 Å². The average Bonchev–Trinajstić information content (AvgIpc) is 2.64. The second kappa shape index (κ2) is 8.35. The molecule has 0 saturated heterocycles. The molecule has 1 aromatic carbocycles. The molecule has 0 saturated carbocycles. The Morgan fingerprint density at radius 3 is 2.18 bits per heavy atom. The minimum absolute atomic E-state index is 0.127. The number of amides is 1. The van der Waals surface area contributed by atoms with Gasteiger partial charge in [0, 0.05) is 18.0 Å². The van der Waals surface area contributed by atoms with Gasteiger partial charge in [0.05, 0.1) is 6.04 Å². The summed E-state index contributed by atoms with van der Waals surface area (Å²) in [6, 6.07) is 6.81. The van der Waals surface area contributed by atoms with Gasteiger partial charge in [0.2, 0.25) is 5.60 Å². The highest BCUT2D eigenvalue weighted by Crippen LogP contribution is 2.29. The molecule has 0 aliphatic rings. The van der Waals surface area contributed by atoms with Crippen molar-refractivity contribution in [3.63, 3.8) is 0 Å². The summed E-state index contributed by atoms with van der Waals surface area (Å²) >= 11 is 0. The van der Waals surface area contributed by atoms with E-state index in [1.165, 1.54) is 12.1 Å². The predicted molar refractivity (Wildman–Crippen MR) is 102 cm³/mol. The maximum Gasteiger partial charge on any atom is 0.407 e. The summed E-state index contributed by atoms with van der Waals surface area (Å²) in [5, 5.41) is 23.3. The summed E-state index contributed by atoms with van der Waals surface area (Å²) in [6.45, 7) is 6.76. The van der Waals surface area contributed by atoms with Crippen molar-refractivity contribution in [2.45, 2.75) is 51.4 Å². The fourth-order valence-electron chi connectivity index (χ4n) is 2.75. The van der Waals surface area contributed by atoms with Crippen LogP contribution in [-0.2, 0) is 15.1 Å². The lowest BCUT2D eigenvalue weighted by atomic mass is 9.84. The summed E-state index contributed by atoms with van der Waals surface area (Å²) in [5.41, 5.74) is -2.28. The van der Waals surface area contributed by atoms with Crippen molar-refractivity contribution >= 4 is 12.1 Å². The van der Waals surface area contributed by atoms with Crippen molar-refractivity contribution in [2.24, 2.45) is 0 Å². The van der Waals surface area contributed by atoms with E-state index in [-0.39, 0.29) is 12.0 Å². The SMILES string of the molecule is CCC(NC(=O)OC(C)(C)C)[C@@](O)(C(=O)O)c1ccc(-c2ncccn2)cc1. The number of nitrogens with zero attached hydrogens (tertiary/aromatic N) is 2. The highest BCUT2D eigenvalue weighted by atomic mass is 16.6. The number of aliphatic hydroxyl groups is 1. The zero-order valence-corrected chi connectivity index (χ0v) is 16.3. The van der Waals surface area contributed by atoms with Crippen LogP contribution in [0, 0.1) is 0 Å². The summed E-state index contributed by atoms with van der Waals surface area (Å²) < 4.78 is 5.19. The summed E-state index contributed by atoms with van der Waals surface area (Å²) in [6.07, 6.45) is 2.57. The zero-order chi connectivity index (χ0) is 20.9. The van der Waals surface area contributed by atoms with Crippen LogP contribution in [0.1, 0.15) is 39.7 Å². The number of nitrogens with one attached hydrogen (secondary N) is 1. The predicted octanol–water partition coefficient (Wildman–Crippen LogP) is 2.72. The van der Waals surface area contributed by atoms with E-state index in [1.54, 1.807) is 58.3 Å². The lowest BCUT2D eigenvalue weighted by molar-refractivity contribution is -0.163. The average molecular weight is 387 g/mol. The minimum atomic E-state index is -2.33. The summed E-state index contributed by atoms with van der Waals surface area (Å²) in [7, 11) is 0. The van der Waals surface area contributed by atoms with Crippen molar-refractivity contribution in [1.82, 2.24) is 15.3 Å². The van der Waals surface area contributed by atoms with E-state index >= 15 is 0 Å². The van der Waals surface area contributed by atoms with Gasteiger partial charge in [-0.25, -0.2) is 19.6 Å². The van der Waals surface area contributed by atoms with E-state index in [0.717, 1.165) is 0 Å². The Balaban J connectivity index is 2.33. The Hall–Kier alpha value is -3.00. The van der Waals surface area contributed by atoms with Gasteiger partial charge in [0.1, 0.15) is 5.60 Å². The molecule has 1 amide bonds. The standard InChI is InChI=1S/C20H25N3O5/c1-5-15(23-18(26)28-19(2,3)4)20(27,17(24)25)14-9-7-13(8-10-14)16-21-11-6-12-22-16/h6-12,15,27H,5H2,1-4H3,(H,23,26)(H,24,25)/t15?,20-/m1/s1. The molecule has 3 N–H and O–H groups in total. The number of carboxylic acids is 1. The lowest BCUT2D eigenvalue weighted by Crippen LogP contribution is -2.55. The summed E-state index contributed by atoms with van der Waals surface area (Å²) in [5.74, 6) is -0.994. The number of aromatic nitrogens is 2.